The van der Waals surface area contributed by atoms with Crippen molar-refractivity contribution in [3.05, 3.63) is 102 Å². The number of carbonyl (C=O) groups excluding carboxylic acids is 8. The number of nitrogens with two attached hydrogens (primary N) is 1. The molecule has 33 heteroatoms. The number of amides is 8. The van der Waals surface area contributed by atoms with Crippen molar-refractivity contribution >= 4 is 59.6 Å². The van der Waals surface area contributed by atoms with E-state index in [1.165, 1.54) is 37.3 Å². The van der Waals surface area contributed by atoms with E-state index in [1.54, 1.807) is 0 Å². The van der Waals surface area contributed by atoms with Crippen molar-refractivity contribution in [3.8, 4) is 51.3 Å². The molecule has 1 aromatic heterocycles. The molecule has 92 heavy (non-hydrogen) atoms. The molecule has 0 spiro atoms. The molecule has 3 aliphatic heterocycles. The number of carbonyl (C=O) groups is 8. The summed E-state index contributed by atoms with van der Waals surface area (Å²) in [6, 6.07) is 12.5. The van der Waals surface area contributed by atoms with Crippen LogP contribution in [-0.2, 0) is 49.4 Å². The number of primary amides is 1. The first-order valence-electron chi connectivity index (χ1n) is 28.8. The third-order valence-electron chi connectivity index (χ3n) is 15.4. The maximum atomic E-state index is 14.7. The Bertz CT molecular complexity index is 3410. The van der Waals surface area contributed by atoms with E-state index in [-0.39, 0.29) is 70.5 Å². The second-order valence-corrected chi connectivity index (χ2v) is 22.6. The third-order valence-corrected chi connectivity index (χ3v) is 15.8. The first-order valence-corrected chi connectivity index (χ1v) is 29.5. The number of nitrogens with one attached hydrogen (secondary N) is 5. The minimum atomic E-state index is -2.23. The molecule has 8 amide bonds. The molecule has 4 aromatic carbocycles. The fourth-order valence-corrected chi connectivity index (χ4v) is 10.9. The number of nitrogens with zero attached hydrogens (tertiary/aromatic N) is 4. The molecule has 0 radical (unpaired) electrons. The number of aliphatic hydroxyl groups excluding tert-OH is 6. The SMILES string of the molecule is CCCOc1ccc(-c2ccc(-c3nnc(-c4ccc(C(=O)NC5CC(O)CNC(=O)C6C(O)C(C)CN6C(=O)C(C(O)CC(N)=O)NC(=O)C(C(O)Cc6ccc(O)c(OSOO[O-])c6)NC(=O)C6CC(O)CN6C(=O)C(C(C)O)NC5=O)cc4)o3)cc2)cc1.[Na+]. The summed E-state index contributed by atoms with van der Waals surface area (Å²) in [5.41, 5.74) is 8.33. The van der Waals surface area contributed by atoms with Crippen LogP contribution in [0.25, 0.3) is 34.0 Å². The molecule has 3 saturated heterocycles. The molecule has 3 aliphatic rings. The predicted molar refractivity (Wildman–Crippen MR) is 314 cm³/mol. The van der Waals surface area contributed by atoms with Gasteiger partial charge in [0.25, 0.3) is 18.2 Å². The zero-order valence-corrected chi connectivity index (χ0v) is 53.0. The summed E-state index contributed by atoms with van der Waals surface area (Å²) in [5.74, 6) is -10.2. The fraction of sp³-hybridized carbons (Fsp3) is 0.424. The van der Waals surface area contributed by atoms with Crippen molar-refractivity contribution in [2.45, 2.75) is 126 Å². The van der Waals surface area contributed by atoms with Crippen molar-refractivity contribution in [3.63, 3.8) is 0 Å². The molecule has 31 nitrogen and oxygen atoms in total. The van der Waals surface area contributed by atoms with Crippen molar-refractivity contribution in [1.29, 1.82) is 0 Å². The maximum Gasteiger partial charge on any atom is 1.00 e. The summed E-state index contributed by atoms with van der Waals surface area (Å²) >= 11 is -0.00923. The van der Waals surface area contributed by atoms with Crippen LogP contribution in [0, 0.1) is 5.92 Å². The molecular formula is C59H69N10NaO21S. The number of fused-ring (bicyclic) bond motifs is 2. The van der Waals surface area contributed by atoms with E-state index < -0.39 is 177 Å². The first kappa shape index (κ1) is 71.6. The maximum absolute atomic E-state index is 14.7. The average molecular weight is 1310 g/mol. The molecule has 488 valence electrons. The van der Waals surface area contributed by atoms with Gasteiger partial charge in [0.2, 0.25) is 53.1 Å². The predicted octanol–water partition coefficient (Wildman–Crippen LogP) is -5.44. The number of β-amino-alcohol motifs (C(OH)–C–C–N with tert-alkyl or cyclic N) is 1. The van der Waals surface area contributed by atoms with Crippen molar-refractivity contribution in [2.75, 3.05) is 26.2 Å². The number of benzene rings is 4. The number of aliphatic hydroxyl groups is 6. The van der Waals surface area contributed by atoms with E-state index in [0.29, 0.717) is 17.7 Å². The largest absolute Gasteiger partial charge is 1.00 e. The summed E-state index contributed by atoms with van der Waals surface area (Å²) in [6.07, 6.45) is -12.9. The van der Waals surface area contributed by atoms with Gasteiger partial charge in [0, 0.05) is 61.5 Å². The van der Waals surface area contributed by atoms with Crippen LogP contribution < -0.4 is 76.1 Å². The molecule has 0 bridgehead atoms. The van der Waals surface area contributed by atoms with Gasteiger partial charge in [-0.1, -0.05) is 44.2 Å². The van der Waals surface area contributed by atoms with Crippen molar-refractivity contribution < 1.29 is 132 Å². The van der Waals surface area contributed by atoms with Gasteiger partial charge in [0.05, 0.1) is 49.7 Å². The van der Waals surface area contributed by atoms with E-state index in [4.69, 9.17) is 19.1 Å². The summed E-state index contributed by atoms with van der Waals surface area (Å²) in [4.78, 5) is 115. The number of ether oxygens (including phenoxy) is 1. The molecule has 0 aliphatic carbocycles. The van der Waals surface area contributed by atoms with E-state index in [0.717, 1.165) is 52.2 Å². The Hall–Kier alpha value is -7.83. The van der Waals surface area contributed by atoms with Crippen LogP contribution in [0.5, 0.6) is 17.2 Å². The third kappa shape index (κ3) is 17.8. The Morgan fingerprint density at radius 3 is 1.98 bits per heavy atom. The van der Waals surface area contributed by atoms with Crippen LogP contribution in [-0.4, -0.2) is 202 Å². The molecular weight excluding hydrogens is 1240 g/mol. The van der Waals surface area contributed by atoms with Crippen molar-refractivity contribution in [2.24, 2.45) is 11.7 Å². The van der Waals surface area contributed by atoms with Crippen LogP contribution in [0.1, 0.15) is 62.4 Å². The quantitative estimate of drug-likeness (QED) is 0.0121. The molecule has 4 heterocycles. The zero-order valence-electron chi connectivity index (χ0n) is 50.2. The number of rotatable bonds is 19. The minimum absolute atomic E-state index is 0. The van der Waals surface area contributed by atoms with Gasteiger partial charge in [-0.25, -0.2) is 0 Å². The summed E-state index contributed by atoms with van der Waals surface area (Å²) in [7, 11) is 0. The Morgan fingerprint density at radius 2 is 1.36 bits per heavy atom. The van der Waals surface area contributed by atoms with Crippen LogP contribution in [0.4, 0.5) is 0 Å². The standard InChI is InChI=1S/C59H70N10O21S.Na/c1-4-19-86-38-16-14-32(15-17-38)31-6-10-34(11-7-31)56-66-67-57(87-56)35-12-8-33(9-13-35)51(78)62-39-22-36(71)25-61-55(82)49-50(77)28(2)26-69(49)59(84)48(43(75)24-45(60)76)65-54(81)47(42(74)20-30-5-18-41(73)44(21-30)88-91-90-89-85)64-53(80)40-23-37(72)27-68(40)58(83)46(29(3)70)63-52(39)79;/h5-18,21,28-29,36-37,39-40,42-43,46-50,70-75,77,85H,4,19-20,22-27H2,1-3H3,(H2,60,76)(H,61,82)(H,62,78)(H,63,79)(H,64,80)(H,65,81);/q;+1/p-1. The Balaban J connectivity index is 0.0000120. The van der Waals surface area contributed by atoms with Crippen LogP contribution >= 0.6 is 12.3 Å². The summed E-state index contributed by atoms with van der Waals surface area (Å²) in [5, 5.41) is 112. The van der Waals surface area contributed by atoms with Crippen molar-refractivity contribution in [1.82, 2.24) is 46.6 Å². The second-order valence-electron chi connectivity index (χ2n) is 22.2. The van der Waals surface area contributed by atoms with Gasteiger partial charge >= 0.3 is 29.6 Å². The van der Waals surface area contributed by atoms with E-state index >= 15 is 0 Å². The Morgan fingerprint density at radius 1 is 0.761 bits per heavy atom. The zero-order chi connectivity index (χ0) is 65.8. The average Bonchev–Trinajstić information content (AvgIpc) is 1.63. The van der Waals surface area contributed by atoms with Crippen LogP contribution in [0.3, 0.4) is 0 Å². The van der Waals surface area contributed by atoms with Gasteiger partial charge in [0.1, 0.15) is 42.0 Å². The number of hydrogen-bond donors (Lipinski definition) is 13. The Kier molecular flexibility index (Phi) is 25.4. The molecule has 5 aromatic rings. The van der Waals surface area contributed by atoms with E-state index in [1.807, 2.05) is 55.5 Å². The molecule has 13 unspecified atom stereocenters. The number of aromatic nitrogens is 2. The normalized spacial score (nSPS) is 24.5. The molecule has 0 saturated carbocycles. The first-order chi connectivity index (χ1) is 43.4. The van der Waals surface area contributed by atoms with Gasteiger partial charge in [-0.15, -0.1) is 14.5 Å². The summed E-state index contributed by atoms with van der Waals surface area (Å²) < 4.78 is 20.8. The van der Waals surface area contributed by atoms with Gasteiger partial charge in [-0.05, 0) is 90.7 Å². The van der Waals surface area contributed by atoms with E-state index in [2.05, 4.69) is 46.2 Å². The van der Waals surface area contributed by atoms with E-state index in [9.17, 15) is 79.4 Å². The van der Waals surface area contributed by atoms with Gasteiger partial charge in [0.15, 0.2) is 11.5 Å². The van der Waals surface area contributed by atoms with Gasteiger partial charge in [-0.2, -0.15) is 0 Å². The Labute approximate surface area is 551 Å². The number of aromatic hydroxyl groups is 1. The van der Waals surface area contributed by atoms with Crippen LogP contribution in [0.15, 0.2) is 95.4 Å². The minimum Gasteiger partial charge on any atom is -0.691 e. The topological polar surface area (TPSA) is 470 Å². The number of phenolic OH excluding ortho intramolecular Hbond substituents is 1. The second kappa shape index (κ2) is 32.6. The monoisotopic (exact) mass is 1310 g/mol. The summed E-state index contributed by atoms with van der Waals surface area (Å²) in [6.45, 7) is 3.43. The fourth-order valence-electron chi connectivity index (χ4n) is 10.6. The number of phenols is 1. The van der Waals surface area contributed by atoms with Crippen LogP contribution in [0.2, 0.25) is 0 Å². The van der Waals surface area contributed by atoms with Gasteiger partial charge in [-0.3, -0.25) is 43.4 Å². The molecule has 14 N–H and O–H groups in total. The molecule has 8 rings (SSSR count). The van der Waals surface area contributed by atoms with Gasteiger partial charge < -0.3 is 96.5 Å². The number of hydrogen-bond acceptors (Lipinski definition) is 24. The molecule has 13 atom stereocenters. The smallest absolute Gasteiger partial charge is 0.691 e. The molecule has 3 fully saturated rings.